The highest BCUT2D eigenvalue weighted by atomic mass is 32.2. The standard InChI is InChI=1S/C9H9F5N4O3S/c1-7(2)3-4(17-21-7)22(19,20)9(13,14)6-5(8(10,11)12)15-18-16-6/h3,17H,1-2H3,(H,15,16,18). The Morgan fingerprint density at radius 1 is 1.14 bits per heavy atom. The molecule has 2 heterocycles. The number of alkyl halides is 5. The highest BCUT2D eigenvalue weighted by Crippen LogP contribution is 2.43. The molecule has 22 heavy (non-hydrogen) atoms. The van der Waals surface area contributed by atoms with Gasteiger partial charge in [0, 0.05) is 0 Å². The van der Waals surface area contributed by atoms with E-state index in [0.29, 0.717) is 0 Å². The number of hydrogen-bond donors (Lipinski definition) is 2. The van der Waals surface area contributed by atoms with Gasteiger partial charge in [-0.05, 0) is 19.9 Å². The number of nitrogens with one attached hydrogen (secondary N) is 2. The van der Waals surface area contributed by atoms with Gasteiger partial charge in [0.2, 0.25) is 0 Å². The van der Waals surface area contributed by atoms with Crippen molar-refractivity contribution in [2.75, 3.05) is 0 Å². The van der Waals surface area contributed by atoms with E-state index in [1.54, 1.807) is 5.48 Å². The van der Waals surface area contributed by atoms with Crippen LogP contribution in [-0.4, -0.2) is 29.4 Å². The number of H-pyrrole nitrogens is 1. The zero-order valence-electron chi connectivity index (χ0n) is 11.0. The molecule has 1 aliphatic heterocycles. The Balaban J connectivity index is 2.54. The molecule has 2 rings (SSSR count). The Kier molecular flexibility index (Phi) is 3.48. The largest absolute Gasteiger partial charge is 0.437 e. The van der Waals surface area contributed by atoms with Crippen LogP contribution in [0.3, 0.4) is 0 Å². The summed E-state index contributed by atoms with van der Waals surface area (Å²) < 4.78 is 89.8. The number of halogens is 5. The Morgan fingerprint density at radius 3 is 2.14 bits per heavy atom. The molecule has 0 saturated carbocycles. The van der Waals surface area contributed by atoms with E-state index in [4.69, 9.17) is 4.84 Å². The van der Waals surface area contributed by atoms with E-state index in [2.05, 4.69) is 10.2 Å². The summed E-state index contributed by atoms with van der Waals surface area (Å²) in [7, 11) is -5.55. The normalized spacial score (nSPS) is 19.0. The van der Waals surface area contributed by atoms with Crippen molar-refractivity contribution in [1.82, 2.24) is 20.9 Å². The van der Waals surface area contributed by atoms with E-state index in [0.717, 1.165) is 6.08 Å². The lowest BCUT2D eigenvalue weighted by Crippen LogP contribution is -2.33. The van der Waals surface area contributed by atoms with Crippen LogP contribution < -0.4 is 5.48 Å². The van der Waals surface area contributed by atoms with Crippen LogP contribution in [0.2, 0.25) is 0 Å². The van der Waals surface area contributed by atoms with Crippen molar-refractivity contribution in [2.24, 2.45) is 0 Å². The van der Waals surface area contributed by atoms with Crippen molar-refractivity contribution in [2.45, 2.75) is 30.9 Å². The van der Waals surface area contributed by atoms with Gasteiger partial charge in [-0.2, -0.15) is 37.4 Å². The molecule has 2 N–H and O–H groups in total. The summed E-state index contributed by atoms with van der Waals surface area (Å²) >= 11 is 0. The van der Waals surface area contributed by atoms with E-state index >= 15 is 0 Å². The molecule has 0 bridgehead atoms. The highest BCUT2D eigenvalue weighted by molar-refractivity contribution is 7.95. The molecule has 1 aromatic rings. The topological polar surface area (TPSA) is 97.0 Å². The van der Waals surface area contributed by atoms with Gasteiger partial charge in [-0.1, -0.05) is 0 Å². The van der Waals surface area contributed by atoms with Crippen molar-refractivity contribution in [3.8, 4) is 0 Å². The molecule has 7 nitrogen and oxygen atoms in total. The average Bonchev–Trinajstić information content (AvgIpc) is 2.94. The second kappa shape index (κ2) is 4.62. The summed E-state index contributed by atoms with van der Waals surface area (Å²) in [6.45, 7) is 2.72. The van der Waals surface area contributed by atoms with Crippen molar-refractivity contribution < 1.29 is 35.2 Å². The molecule has 1 aliphatic rings. The van der Waals surface area contributed by atoms with E-state index in [9.17, 15) is 30.4 Å². The van der Waals surface area contributed by atoms with Crippen LogP contribution in [0.4, 0.5) is 22.0 Å². The minimum Gasteiger partial charge on any atom is -0.265 e. The summed E-state index contributed by atoms with van der Waals surface area (Å²) in [5, 5.41) is 0.526. The summed E-state index contributed by atoms with van der Waals surface area (Å²) in [6.07, 6.45) is -4.49. The quantitative estimate of drug-likeness (QED) is 0.803. The SMILES string of the molecule is CC1(C)C=C(S(=O)(=O)C(F)(F)c2n[nH]nc2C(F)(F)F)NO1. The maximum atomic E-state index is 14.1. The van der Waals surface area contributed by atoms with Gasteiger partial charge in [0.25, 0.3) is 9.84 Å². The fraction of sp³-hybridized carbons (Fsp3) is 0.556. The van der Waals surface area contributed by atoms with Crippen LogP contribution >= 0.6 is 0 Å². The minimum atomic E-state index is -5.55. The molecule has 0 fully saturated rings. The zero-order valence-corrected chi connectivity index (χ0v) is 11.8. The molecule has 1 aromatic heterocycles. The van der Waals surface area contributed by atoms with Gasteiger partial charge in [0.15, 0.2) is 16.4 Å². The Labute approximate surface area is 120 Å². The predicted molar refractivity (Wildman–Crippen MR) is 60.6 cm³/mol. The summed E-state index contributed by atoms with van der Waals surface area (Å²) in [5.74, 6) is 0. The summed E-state index contributed by atoms with van der Waals surface area (Å²) in [6, 6.07) is 0. The molecule has 0 saturated heterocycles. The predicted octanol–water partition coefficient (Wildman–Crippen LogP) is 1.44. The van der Waals surface area contributed by atoms with Gasteiger partial charge in [0.1, 0.15) is 5.60 Å². The number of hydrogen-bond acceptors (Lipinski definition) is 6. The van der Waals surface area contributed by atoms with E-state index in [1.807, 2.05) is 0 Å². The first-order valence-corrected chi connectivity index (χ1v) is 7.05. The van der Waals surface area contributed by atoms with Crippen LogP contribution in [0, 0.1) is 0 Å². The summed E-state index contributed by atoms with van der Waals surface area (Å²) in [5.41, 5.74) is -3.61. The first kappa shape index (κ1) is 16.6. The van der Waals surface area contributed by atoms with E-state index < -0.39 is 43.3 Å². The molecule has 0 aliphatic carbocycles. The van der Waals surface area contributed by atoms with Gasteiger partial charge in [-0.25, -0.2) is 8.42 Å². The number of nitrogens with zero attached hydrogens (tertiary/aromatic N) is 2. The fourth-order valence-electron chi connectivity index (χ4n) is 1.59. The Morgan fingerprint density at radius 2 is 1.68 bits per heavy atom. The van der Waals surface area contributed by atoms with Gasteiger partial charge in [0.05, 0.1) is 0 Å². The maximum absolute atomic E-state index is 14.1. The van der Waals surface area contributed by atoms with Crippen molar-refractivity contribution >= 4 is 9.84 Å². The first-order valence-electron chi connectivity index (χ1n) is 5.57. The molecule has 0 atom stereocenters. The summed E-state index contributed by atoms with van der Waals surface area (Å²) in [4.78, 5) is 4.73. The Bertz CT molecular complexity index is 722. The smallest absolute Gasteiger partial charge is 0.265 e. The number of rotatable bonds is 3. The van der Waals surface area contributed by atoms with Crippen molar-refractivity contribution in [1.29, 1.82) is 0 Å². The highest BCUT2D eigenvalue weighted by Gasteiger charge is 2.57. The molecule has 13 heteroatoms. The van der Waals surface area contributed by atoms with E-state index in [-0.39, 0.29) is 0 Å². The molecule has 124 valence electrons. The molecule has 0 unspecified atom stereocenters. The van der Waals surface area contributed by atoms with Crippen LogP contribution in [0.5, 0.6) is 0 Å². The monoisotopic (exact) mass is 348 g/mol. The fourth-order valence-corrected chi connectivity index (χ4v) is 2.85. The maximum Gasteiger partial charge on any atom is 0.437 e. The van der Waals surface area contributed by atoms with Gasteiger partial charge in [-0.3, -0.25) is 10.3 Å². The molecular formula is C9H9F5N4O3S. The van der Waals surface area contributed by atoms with Crippen LogP contribution in [0.15, 0.2) is 11.1 Å². The van der Waals surface area contributed by atoms with Crippen molar-refractivity contribution in [3.05, 3.63) is 22.5 Å². The molecule has 0 spiro atoms. The molecule has 0 amide bonds. The zero-order chi connectivity index (χ0) is 17.0. The van der Waals surface area contributed by atoms with Crippen molar-refractivity contribution in [3.63, 3.8) is 0 Å². The number of hydroxylamine groups is 1. The third-order valence-corrected chi connectivity index (χ3v) is 4.26. The number of aromatic nitrogens is 3. The lowest BCUT2D eigenvalue weighted by Gasteiger charge is -2.16. The number of aromatic amines is 1. The third-order valence-electron chi connectivity index (χ3n) is 2.61. The minimum absolute atomic E-state index is 0.809. The van der Waals surface area contributed by atoms with Gasteiger partial charge >= 0.3 is 11.4 Å². The van der Waals surface area contributed by atoms with E-state index in [1.165, 1.54) is 19.1 Å². The van der Waals surface area contributed by atoms with Gasteiger partial charge in [-0.15, -0.1) is 0 Å². The Hall–Kier alpha value is -1.76. The molecule has 0 radical (unpaired) electrons. The van der Waals surface area contributed by atoms with Crippen LogP contribution in [0.25, 0.3) is 0 Å². The lowest BCUT2D eigenvalue weighted by molar-refractivity contribution is -0.143. The third kappa shape index (κ3) is 2.54. The number of sulfone groups is 1. The second-order valence-corrected chi connectivity index (χ2v) is 6.81. The van der Waals surface area contributed by atoms with Gasteiger partial charge < -0.3 is 0 Å². The first-order chi connectivity index (χ1) is 9.79. The van der Waals surface area contributed by atoms with Crippen LogP contribution in [-0.2, 0) is 26.1 Å². The van der Waals surface area contributed by atoms with Crippen LogP contribution in [0.1, 0.15) is 25.2 Å². The second-order valence-electron chi connectivity index (χ2n) is 4.85. The molecule has 0 aromatic carbocycles. The average molecular weight is 348 g/mol. The molecular weight excluding hydrogens is 339 g/mol. The lowest BCUT2D eigenvalue weighted by atomic mass is 10.1.